The van der Waals surface area contributed by atoms with E-state index in [1.807, 2.05) is 32.0 Å². The Morgan fingerprint density at radius 1 is 1.30 bits per heavy atom. The summed E-state index contributed by atoms with van der Waals surface area (Å²) in [7, 11) is -3.53. The highest BCUT2D eigenvalue weighted by molar-refractivity contribution is 7.91. The van der Waals surface area contributed by atoms with E-state index in [1.54, 1.807) is 11.0 Å². The Morgan fingerprint density at radius 2 is 2.07 bits per heavy atom. The first-order chi connectivity index (χ1) is 12.8. The van der Waals surface area contributed by atoms with Crippen molar-refractivity contribution >= 4 is 50.2 Å². The summed E-state index contributed by atoms with van der Waals surface area (Å²) in [6, 6.07) is 7.23. The number of thiophene rings is 2. The third-order valence-electron chi connectivity index (χ3n) is 4.71. The van der Waals surface area contributed by atoms with Gasteiger partial charge in [0.25, 0.3) is 10.0 Å². The predicted octanol–water partition coefficient (Wildman–Crippen LogP) is 4.22. The molecular formula is C18H23ClN2O3S3. The van der Waals surface area contributed by atoms with Gasteiger partial charge in [-0.05, 0) is 51.0 Å². The molecule has 1 atom stereocenters. The fourth-order valence-corrected chi connectivity index (χ4v) is 7.33. The minimum atomic E-state index is -3.53. The van der Waals surface area contributed by atoms with Crippen molar-refractivity contribution in [1.82, 2.24) is 9.21 Å². The van der Waals surface area contributed by atoms with Gasteiger partial charge in [0.1, 0.15) is 4.21 Å². The molecule has 1 aliphatic heterocycles. The molecule has 5 nitrogen and oxygen atoms in total. The monoisotopic (exact) mass is 446 g/mol. The third-order valence-corrected chi connectivity index (χ3v) is 9.26. The highest BCUT2D eigenvalue weighted by atomic mass is 35.5. The van der Waals surface area contributed by atoms with Crippen LogP contribution >= 0.6 is 34.3 Å². The van der Waals surface area contributed by atoms with Crippen molar-refractivity contribution in [2.45, 2.75) is 37.4 Å². The van der Waals surface area contributed by atoms with E-state index in [0.29, 0.717) is 34.6 Å². The molecule has 2 aromatic rings. The number of sulfonamides is 1. The lowest BCUT2D eigenvalue weighted by molar-refractivity contribution is -0.137. The molecule has 0 saturated carbocycles. The van der Waals surface area contributed by atoms with Crippen molar-refractivity contribution in [3.05, 3.63) is 38.4 Å². The Morgan fingerprint density at radius 3 is 2.67 bits per heavy atom. The number of hydrogen-bond acceptors (Lipinski definition) is 5. The van der Waals surface area contributed by atoms with Gasteiger partial charge in [0.15, 0.2) is 0 Å². The standard InChI is InChI=1S/C18H23ClN2O3S3/c1-3-20(12-15-7-8-16(19)26-15)18(22)14-5-4-10-21(11-14)27(23,24)17-9-6-13(2)25-17/h6-9,14H,3-5,10-12H2,1-2H3/t14-/m1/s1. The van der Waals surface area contributed by atoms with Crippen LogP contribution in [0.5, 0.6) is 0 Å². The van der Waals surface area contributed by atoms with E-state index in [1.165, 1.54) is 27.0 Å². The Bertz CT molecular complexity index is 907. The molecule has 0 unspecified atom stereocenters. The van der Waals surface area contributed by atoms with E-state index < -0.39 is 10.0 Å². The van der Waals surface area contributed by atoms with Gasteiger partial charge in [0, 0.05) is 29.4 Å². The molecule has 1 aliphatic rings. The quantitative estimate of drug-likeness (QED) is 0.667. The maximum atomic E-state index is 13.0. The Kier molecular flexibility index (Phi) is 6.63. The molecule has 3 rings (SSSR count). The van der Waals surface area contributed by atoms with E-state index in [2.05, 4.69) is 0 Å². The van der Waals surface area contributed by atoms with Crippen LogP contribution in [0.2, 0.25) is 4.34 Å². The molecule has 0 aromatic carbocycles. The van der Waals surface area contributed by atoms with Gasteiger partial charge in [-0.15, -0.1) is 22.7 Å². The van der Waals surface area contributed by atoms with E-state index in [9.17, 15) is 13.2 Å². The first kappa shape index (κ1) is 20.8. The molecule has 148 valence electrons. The first-order valence-electron chi connectivity index (χ1n) is 8.91. The fraction of sp³-hybridized carbons (Fsp3) is 0.500. The van der Waals surface area contributed by atoms with Gasteiger partial charge >= 0.3 is 0 Å². The van der Waals surface area contributed by atoms with Crippen LogP contribution in [0.1, 0.15) is 29.5 Å². The van der Waals surface area contributed by atoms with Gasteiger partial charge < -0.3 is 4.90 Å². The largest absolute Gasteiger partial charge is 0.338 e. The summed E-state index contributed by atoms with van der Waals surface area (Å²) in [4.78, 5) is 16.8. The van der Waals surface area contributed by atoms with E-state index in [0.717, 1.165) is 16.2 Å². The summed E-state index contributed by atoms with van der Waals surface area (Å²) in [5, 5.41) is 0. The van der Waals surface area contributed by atoms with E-state index >= 15 is 0 Å². The van der Waals surface area contributed by atoms with Crippen LogP contribution in [-0.4, -0.2) is 43.2 Å². The summed E-state index contributed by atoms with van der Waals surface area (Å²) in [6.07, 6.45) is 1.42. The van der Waals surface area contributed by atoms with Crippen molar-refractivity contribution < 1.29 is 13.2 Å². The van der Waals surface area contributed by atoms with Gasteiger partial charge in [-0.1, -0.05) is 11.6 Å². The highest BCUT2D eigenvalue weighted by Gasteiger charge is 2.35. The van der Waals surface area contributed by atoms with Crippen LogP contribution in [0.15, 0.2) is 28.5 Å². The minimum absolute atomic E-state index is 0.0179. The zero-order chi connectivity index (χ0) is 19.6. The molecule has 0 spiro atoms. The zero-order valence-electron chi connectivity index (χ0n) is 15.4. The van der Waals surface area contributed by atoms with E-state index in [4.69, 9.17) is 11.6 Å². The number of halogens is 1. The van der Waals surface area contributed by atoms with Crippen molar-refractivity contribution in [1.29, 1.82) is 0 Å². The number of rotatable bonds is 6. The molecule has 0 aliphatic carbocycles. The first-order valence-corrected chi connectivity index (χ1v) is 12.4. The molecule has 9 heteroatoms. The average molecular weight is 447 g/mol. The van der Waals surface area contributed by atoms with Crippen LogP contribution < -0.4 is 0 Å². The van der Waals surface area contributed by atoms with Gasteiger partial charge in [-0.3, -0.25) is 4.79 Å². The minimum Gasteiger partial charge on any atom is -0.338 e. The van der Waals surface area contributed by atoms with E-state index in [-0.39, 0.29) is 18.4 Å². The summed E-state index contributed by atoms with van der Waals surface area (Å²) >= 11 is 8.73. The van der Waals surface area contributed by atoms with Crippen LogP contribution in [0.4, 0.5) is 0 Å². The number of aryl methyl sites for hydroxylation is 1. The molecule has 1 fully saturated rings. The maximum absolute atomic E-state index is 13.0. The molecule has 0 N–H and O–H groups in total. The highest BCUT2D eigenvalue weighted by Crippen LogP contribution is 2.29. The van der Waals surface area contributed by atoms with Crippen molar-refractivity contribution in [3.8, 4) is 0 Å². The summed E-state index contributed by atoms with van der Waals surface area (Å²) in [5.41, 5.74) is 0. The maximum Gasteiger partial charge on any atom is 0.252 e. The van der Waals surface area contributed by atoms with Crippen LogP contribution in [0, 0.1) is 12.8 Å². The smallest absolute Gasteiger partial charge is 0.252 e. The molecule has 3 heterocycles. The number of piperidine rings is 1. The van der Waals surface area contributed by atoms with Crippen LogP contribution in [0.25, 0.3) is 0 Å². The predicted molar refractivity (Wildman–Crippen MR) is 111 cm³/mol. The van der Waals surface area contributed by atoms with Crippen molar-refractivity contribution in [2.24, 2.45) is 5.92 Å². The van der Waals surface area contributed by atoms with Crippen molar-refractivity contribution in [3.63, 3.8) is 0 Å². The normalized spacial score (nSPS) is 18.6. The zero-order valence-corrected chi connectivity index (χ0v) is 18.6. The SMILES string of the molecule is CCN(Cc1ccc(Cl)s1)C(=O)[C@@H]1CCCN(S(=O)(=O)c2ccc(C)s2)C1. The summed E-state index contributed by atoms with van der Waals surface area (Å²) in [5.74, 6) is -0.283. The molecular weight excluding hydrogens is 424 g/mol. The molecule has 27 heavy (non-hydrogen) atoms. The Hall–Kier alpha value is -0.930. The second-order valence-corrected chi connectivity index (χ2v) is 11.9. The topological polar surface area (TPSA) is 57.7 Å². The molecule has 2 aromatic heterocycles. The number of carbonyl (C=O) groups is 1. The number of amides is 1. The fourth-order valence-electron chi connectivity index (χ4n) is 3.27. The summed E-state index contributed by atoms with van der Waals surface area (Å²) < 4.78 is 28.3. The number of hydrogen-bond donors (Lipinski definition) is 0. The Labute approximate surface area is 173 Å². The van der Waals surface area contributed by atoms with Crippen molar-refractivity contribution in [2.75, 3.05) is 19.6 Å². The lowest BCUT2D eigenvalue weighted by atomic mass is 9.98. The second kappa shape index (κ2) is 8.61. The molecule has 1 amide bonds. The van der Waals surface area contributed by atoms with Crippen LogP contribution in [0.3, 0.4) is 0 Å². The Balaban J connectivity index is 1.71. The van der Waals surface area contributed by atoms with Gasteiger partial charge in [0.05, 0.1) is 16.8 Å². The van der Waals surface area contributed by atoms with Crippen LogP contribution in [-0.2, 0) is 21.4 Å². The molecule has 0 radical (unpaired) electrons. The average Bonchev–Trinajstić information content (AvgIpc) is 3.27. The number of carbonyl (C=O) groups excluding carboxylic acids is 1. The molecule has 1 saturated heterocycles. The lowest BCUT2D eigenvalue weighted by Crippen LogP contribution is -2.46. The number of nitrogens with zero attached hydrogens (tertiary/aromatic N) is 2. The van der Waals surface area contributed by atoms with Gasteiger partial charge in [-0.2, -0.15) is 4.31 Å². The van der Waals surface area contributed by atoms with Gasteiger partial charge in [0.2, 0.25) is 5.91 Å². The molecule has 0 bridgehead atoms. The summed E-state index contributed by atoms with van der Waals surface area (Å²) in [6.45, 7) is 5.65. The van der Waals surface area contributed by atoms with Gasteiger partial charge in [-0.25, -0.2) is 8.42 Å². The third kappa shape index (κ3) is 4.74. The second-order valence-electron chi connectivity index (χ2n) is 6.63. The lowest BCUT2D eigenvalue weighted by Gasteiger charge is -2.33.